The van der Waals surface area contributed by atoms with Crippen LogP contribution in [0.5, 0.6) is 0 Å². The lowest BCUT2D eigenvalue weighted by Gasteiger charge is -2.28. The lowest BCUT2D eigenvalue weighted by atomic mass is 10.3. The molecule has 0 aromatic carbocycles. The summed E-state index contributed by atoms with van der Waals surface area (Å²) in [4.78, 5) is 44.0. The van der Waals surface area contributed by atoms with Crippen LogP contribution in [0, 0.1) is 0 Å². The number of nitrogens with zero attached hydrogens (tertiary/aromatic N) is 5. The second-order valence-corrected chi connectivity index (χ2v) is 7.15. The molecule has 1 saturated heterocycles. The number of hydrogen-bond donors (Lipinski definition) is 1. The van der Waals surface area contributed by atoms with E-state index in [1.165, 1.54) is 11.5 Å². The molecule has 0 amide bonds. The van der Waals surface area contributed by atoms with E-state index in [1.54, 1.807) is 7.05 Å². The van der Waals surface area contributed by atoms with Gasteiger partial charge in [-0.2, -0.15) is 4.98 Å². The fourth-order valence-electron chi connectivity index (χ4n) is 3.28. The highest BCUT2D eigenvalue weighted by molar-refractivity contribution is 5.77. The van der Waals surface area contributed by atoms with Crippen LogP contribution < -0.4 is 21.5 Å². The van der Waals surface area contributed by atoms with Crippen molar-refractivity contribution < 1.29 is 4.79 Å². The van der Waals surface area contributed by atoms with E-state index in [0.717, 1.165) is 36.3 Å². The molecule has 1 fully saturated rings. The van der Waals surface area contributed by atoms with Gasteiger partial charge in [0.15, 0.2) is 11.2 Å². The first-order valence-corrected chi connectivity index (χ1v) is 9.09. The van der Waals surface area contributed by atoms with Crippen molar-refractivity contribution >= 4 is 22.9 Å². The second kappa shape index (κ2) is 7.51. The van der Waals surface area contributed by atoms with Crippen LogP contribution in [0.3, 0.4) is 0 Å². The molecule has 2 aromatic rings. The Morgan fingerprint density at radius 2 is 1.81 bits per heavy atom. The fourth-order valence-corrected chi connectivity index (χ4v) is 3.28. The maximum atomic E-state index is 13.1. The van der Waals surface area contributed by atoms with Crippen LogP contribution in [0.2, 0.25) is 0 Å². The third-order valence-electron chi connectivity index (χ3n) is 4.68. The van der Waals surface area contributed by atoms with Crippen molar-refractivity contribution in [1.82, 2.24) is 24.0 Å². The van der Waals surface area contributed by atoms with E-state index < -0.39 is 11.2 Å². The first-order valence-electron chi connectivity index (χ1n) is 9.09. The number of nitrogens with one attached hydrogen (secondary N) is 1. The third kappa shape index (κ3) is 3.59. The molecule has 3 heterocycles. The van der Waals surface area contributed by atoms with E-state index in [-0.39, 0.29) is 12.3 Å². The predicted molar refractivity (Wildman–Crippen MR) is 104 cm³/mol. The van der Waals surface area contributed by atoms with E-state index in [0.29, 0.717) is 23.7 Å². The SMILES string of the molecule is CC(=O)Cn1c(=O)c2c(nc(N3CCNCC3)n2CC=C(C)C)n(C)c1=O. The number of ketones is 1. The number of aromatic nitrogens is 4. The van der Waals surface area contributed by atoms with Gasteiger partial charge in [-0.25, -0.2) is 4.79 Å². The fraction of sp³-hybridized carbons (Fsp3) is 0.556. The van der Waals surface area contributed by atoms with E-state index in [2.05, 4.69) is 15.2 Å². The Balaban J connectivity index is 2.31. The number of piperazine rings is 1. The van der Waals surface area contributed by atoms with Gasteiger partial charge in [0.25, 0.3) is 5.56 Å². The Hall–Kier alpha value is -2.68. The van der Waals surface area contributed by atoms with Crippen LogP contribution in [-0.2, 0) is 24.9 Å². The van der Waals surface area contributed by atoms with Gasteiger partial charge in [0.05, 0.1) is 6.54 Å². The minimum atomic E-state index is -0.526. The molecule has 0 unspecified atom stereocenters. The normalized spacial score (nSPS) is 14.6. The summed E-state index contributed by atoms with van der Waals surface area (Å²) in [6.45, 7) is 8.80. The summed E-state index contributed by atoms with van der Waals surface area (Å²) in [5.41, 5.74) is 0.822. The predicted octanol–water partition coefficient (Wildman–Crippen LogP) is -0.138. The zero-order valence-corrected chi connectivity index (χ0v) is 16.3. The monoisotopic (exact) mass is 374 g/mol. The smallest absolute Gasteiger partial charge is 0.332 e. The molecule has 0 aliphatic carbocycles. The Bertz CT molecular complexity index is 1020. The van der Waals surface area contributed by atoms with Crippen molar-refractivity contribution in [2.45, 2.75) is 33.9 Å². The van der Waals surface area contributed by atoms with E-state index in [4.69, 9.17) is 0 Å². The topological polar surface area (TPSA) is 94.2 Å². The van der Waals surface area contributed by atoms with Gasteiger partial charge in [-0.05, 0) is 20.8 Å². The average Bonchev–Trinajstić information content (AvgIpc) is 3.02. The zero-order valence-electron chi connectivity index (χ0n) is 16.3. The van der Waals surface area contributed by atoms with E-state index >= 15 is 0 Å². The number of fused-ring (bicyclic) bond motifs is 1. The van der Waals surface area contributed by atoms with Gasteiger partial charge in [0, 0.05) is 39.8 Å². The Morgan fingerprint density at radius 1 is 1.15 bits per heavy atom. The molecular weight excluding hydrogens is 348 g/mol. The van der Waals surface area contributed by atoms with Crippen LogP contribution in [0.1, 0.15) is 20.8 Å². The van der Waals surface area contributed by atoms with Gasteiger partial charge in [-0.1, -0.05) is 11.6 Å². The standard InChI is InChI=1S/C18H26N6O3/c1-12(2)5-8-23-14-15(20-17(23)22-9-6-19-7-10-22)21(4)18(27)24(16(14)26)11-13(3)25/h5,19H,6-11H2,1-4H3. The molecule has 1 N–H and O–H groups in total. The van der Waals surface area contributed by atoms with Gasteiger partial charge < -0.3 is 14.8 Å². The minimum absolute atomic E-state index is 0.238. The average molecular weight is 374 g/mol. The van der Waals surface area contributed by atoms with Crippen molar-refractivity contribution in [2.24, 2.45) is 7.05 Å². The van der Waals surface area contributed by atoms with E-state index in [9.17, 15) is 14.4 Å². The zero-order chi connectivity index (χ0) is 19.7. The number of carbonyl (C=O) groups excluding carboxylic acids is 1. The van der Waals surface area contributed by atoms with Crippen molar-refractivity contribution in [3.8, 4) is 0 Å². The Labute approximate surface area is 156 Å². The maximum Gasteiger partial charge on any atom is 0.332 e. The molecule has 0 bridgehead atoms. The highest BCUT2D eigenvalue weighted by Crippen LogP contribution is 2.20. The highest BCUT2D eigenvalue weighted by Gasteiger charge is 2.24. The van der Waals surface area contributed by atoms with Crippen LogP contribution in [0.15, 0.2) is 21.2 Å². The number of hydrogen-bond acceptors (Lipinski definition) is 6. The van der Waals surface area contributed by atoms with Crippen LogP contribution in [-0.4, -0.2) is 50.6 Å². The molecule has 27 heavy (non-hydrogen) atoms. The molecule has 3 rings (SSSR count). The molecule has 9 nitrogen and oxygen atoms in total. The number of allylic oxidation sites excluding steroid dienone is 2. The maximum absolute atomic E-state index is 13.1. The quantitative estimate of drug-likeness (QED) is 0.733. The number of aryl methyl sites for hydroxylation is 1. The van der Waals surface area contributed by atoms with Gasteiger partial charge in [0.1, 0.15) is 5.78 Å². The number of rotatable bonds is 5. The molecule has 2 aromatic heterocycles. The van der Waals surface area contributed by atoms with Crippen LogP contribution >= 0.6 is 0 Å². The minimum Gasteiger partial charge on any atom is -0.340 e. The van der Waals surface area contributed by atoms with Crippen molar-refractivity contribution in [1.29, 1.82) is 0 Å². The number of imidazole rings is 1. The summed E-state index contributed by atoms with van der Waals surface area (Å²) in [6.07, 6.45) is 2.02. The van der Waals surface area contributed by atoms with Gasteiger partial charge in [-0.15, -0.1) is 0 Å². The molecule has 9 heteroatoms. The van der Waals surface area contributed by atoms with Crippen molar-refractivity contribution in [3.63, 3.8) is 0 Å². The molecule has 146 valence electrons. The number of Topliss-reactive ketones (excluding diaryl/α,β-unsaturated/α-hetero) is 1. The summed E-state index contributed by atoms with van der Waals surface area (Å²) in [6, 6.07) is 0. The van der Waals surface area contributed by atoms with Crippen molar-refractivity contribution in [2.75, 3.05) is 31.1 Å². The molecule has 1 aliphatic rings. The summed E-state index contributed by atoms with van der Waals surface area (Å²) < 4.78 is 4.20. The molecule has 0 saturated carbocycles. The Morgan fingerprint density at radius 3 is 2.41 bits per heavy atom. The molecule has 1 aliphatic heterocycles. The van der Waals surface area contributed by atoms with Gasteiger partial charge in [0.2, 0.25) is 5.95 Å². The number of carbonyl (C=O) groups is 1. The number of anilines is 1. The van der Waals surface area contributed by atoms with Crippen molar-refractivity contribution in [3.05, 3.63) is 32.5 Å². The largest absolute Gasteiger partial charge is 0.340 e. The first kappa shape index (κ1) is 19.1. The van der Waals surface area contributed by atoms with Gasteiger partial charge in [-0.3, -0.25) is 18.7 Å². The van der Waals surface area contributed by atoms with E-state index in [1.807, 2.05) is 24.5 Å². The summed E-state index contributed by atoms with van der Waals surface area (Å²) in [5, 5.41) is 3.30. The lowest BCUT2D eigenvalue weighted by molar-refractivity contribution is -0.117. The lowest BCUT2D eigenvalue weighted by Crippen LogP contribution is -2.44. The van der Waals surface area contributed by atoms with Crippen LogP contribution in [0.4, 0.5) is 5.95 Å². The molecule has 0 radical (unpaired) electrons. The summed E-state index contributed by atoms with van der Waals surface area (Å²) >= 11 is 0. The highest BCUT2D eigenvalue weighted by atomic mass is 16.2. The summed E-state index contributed by atoms with van der Waals surface area (Å²) in [7, 11) is 1.58. The van der Waals surface area contributed by atoms with Gasteiger partial charge >= 0.3 is 5.69 Å². The molecule has 0 atom stereocenters. The van der Waals surface area contributed by atoms with Crippen LogP contribution in [0.25, 0.3) is 11.2 Å². The third-order valence-corrected chi connectivity index (χ3v) is 4.68. The molecular formula is C18H26N6O3. The molecule has 0 spiro atoms. The Kier molecular flexibility index (Phi) is 5.31. The summed E-state index contributed by atoms with van der Waals surface area (Å²) in [5.74, 6) is 0.433. The second-order valence-electron chi connectivity index (χ2n) is 7.15. The first-order chi connectivity index (χ1) is 12.8.